The molecule has 0 bridgehead atoms. The van der Waals surface area contributed by atoms with Crippen LogP contribution < -0.4 is 5.73 Å². The van der Waals surface area contributed by atoms with E-state index in [1.807, 2.05) is 12.2 Å². The first-order valence-corrected chi connectivity index (χ1v) is 21.5. The van der Waals surface area contributed by atoms with Crippen molar-refractivity contribution in [1.29, 1.82) is 0 Å². The van der Waals surface area contributed by atoms with E-state index in [0.29, 0.717) is 13.0 Å². The molecular weight excluding hydrogens is 697 g/mol. The standard InChI is InChI=1S/C45H72NO7P/c1-3-5-7-9-11-13-15-17-19-20-21-22-23-25-27-29-31-33-35-37-40-50-42-44(43-52-54(48,49)51-41-39-46)53-45(47)38-36-34-32-30-28-26-24-18-16-14-12-10-8-6-4-2/h5-8,11-14,17-19,21-22,24-25,27-28,30,34,36,44H,3-4,9-10,15-16,20,23,26,29,31-33,35,37-43,46H2,1-2H3,(H,48,49)/b7-5-,8-6-,13-11-,14-12-,19-17-,22-21-,24-18-,27-25-,30-28-,36-34-. The van der Waals surface area contributed by atoms with Crippen LogP contribution in [0.4, 0.5) is 0 Å². The molecule has 0 saturated carbocycles. The highest BCUT2D eigenvalue weighted by Crippen LogP contribution is 2.43. The maximum absolute atomic E-state index is 12.5. The van der Waals surface area contributed by atoms with Crippen molar-refractivity contribution in [2.24, 2.45) is 5.73 Å². The van der Waals surface area contributed by atoms with Crippen LogP contribution in [-0.2, 0) is 27.9 Å². The number of carbonyl (C=O) groups excluding carboxylic acids is 1. The van der Waals surface area contributed by atoms with E-state index in [4.69, 9.17) is 24.3 Å². The second-order valence-corrected chi connectivity index (χ2v) is 13.8. The molecule has 0 fully saturated rings. The highest BCUT2D eigenvalue weighted by Gasteiger charge is 2.25. The van der Waals surface area contributed by atoms with Gasteiger partial charge in [-0.2, -0.15) is 0 Å². The van der Waals surface area contributed by atoms with Gasteiger partial charge >= 0.3 is 13.8 Å². The van der Waals surface area contributed by atoms with E-state index in [0.717, 1.165) is 89.9 Å². The molecule has 2 unspecified atom stereocenters. The summed E-state index contributed by atoms with van der Waals surface area (Å²) < 4.78 is 33.2. The van der Waals surface area contributed by atoms with Crippen LogP contribution in [0.1, 0.15) is 117 Å². The average Bonchev–Trinajstić information content (AvgIpc) is 3.16. The molecule has 0 saturated heterocycles. The van der Waals surface area contributed by atoms with Gasteiger partial charge in [-0.15, -0.1) is 0 Å². The summed E-state index contributed by atoms with van der Waals surface area (Å²) in [4.78, 5) is 22.4. The zero-order valence-electron chi connectivity index (χ0n) is 33.4. The van der Waals surface area contributed by atoms with Gasteiger partial charge in [0, 0.05) is 13.2 Å². The van der Waals surface area contributed by atoms with Crippen molar-refractivity contribution in [2.75, 3.05) is 33.0 Å². The number of carbonyl (C=O) groups is 1. The molecule has 8 nitrogen and oxygen atoms in total. The second-order valence-electron chi connectivity index (χ2n) is 12.4. The molecule has 0 aromatic carbocycles. The summed E-state index contributed by atoms with van der Waals surface area (Å²) in [6, 6.07) is 0. The number of rotatable bonds is 36. The van der Waals surface area contributed by atoms with Gasteiger partial charge in [0.05, 0.1) is 26.2 Å². The van der Waals surface area contributed by atoms with E-state index in [1.165, 1.54) is 0 Å². The zero-order valence-corrected chi connectivity index (χ0v) is 34.3. The number of phosphoric ester groups is 1. The van der Waals surface area contributed by atoms with Crippen LogP contribution in [0.2, 0.25) is 0 Å². The molecular formula is C45H72NO7P. The Hall–Kier alpha value is -3.10. The number of allylic oxidation sites excluding steroid dienone is 19. The van der Waals surface area contributed by atoms with Gasteiger partial charge in [-0.05, 0) is 83.5 Å². The van der Waals surface area contributed by atoms with Crippen molar-refractivity contribution < 1.29 is 32.8 Å². The van der Waals surface area contributed by atoms with Crippen LogP contribution in [0.5, 0.6) is 0 Å². The van der Waals surface area contributed by atoms with Crippen molar-refractivity contribution >= 4 is 13.8 Å². The normalized spacial score (nSPS) is 14.8. The number of unbranched alkanes of at least 4 members (excludes halogenated alkanes) is 4. The van der Waals surface area contributed by atoms with Gasteiger partial charge < -0.3 is 20.1 Å². The van der Waals surface area contributed by atoms with Crippen molar-refractivity contribution in [1.82, 2.24) is 0 Å². The van der Waals surface area contributed by atoms with Gasteiger partial charge in [0.25, 0.3) is 0 Å². The molecule has 0 aliphatic carbocycles. The summed E-state index contributed by atoms with van der Waals surface area (Å²) >= 11 is 0. The Morgan fingerprint density at radius 1 is 0.556 bits per heavy atom. The number of hydrogen-bond donors (Lipinski definition) is 2. The van der Waals surface area contributed by atoms with Gasteiger partial charge in [0.15, 0.2) is 0 Å². The summed E-state index contributed by atoms with van der Waals surface area (Å²) in [7, 11) is -4.32. The van der Waals surface area contributed by atoms with Gasteiger partial charge in [0.2, 0.25) is 0 Å². The first-order valence-electron chi connectivity index (χ1n) is 20.0. The summed E-state index contributed by atoms with van der Waals surface area (Å²) in [5.74, 6) is -0.473. The molecule has 0 spiro atoms. The third-order valence-electron chi connectivity index (χ3n) is 7.41. The first-order chi connectivity index (χ1) is 26.4. The smallest absolute Gasteiger partial charge is 0.457 e. The SMILES string of the molecule is CC/C=C\C/C=C\C/C=C\C/C=C\C/C=C\CCCCCCOCC(COP(=O)(O)OCCN)OC(=O)C/C=C\C/C=C\C/C=C\C/C=C\C/C=C\CC. The highest BCUT2D eigenvalue weighted by molar-refractivity contribution is 7.47. The highest BCUT2D eigenvalue weighted by atomic mass is 31.2. The van der Waals surface area contributed by atoms with Crippen molar-refractivity contribution in [3.8, 4) is 0 Å². The molecule has 0 amide bonds. The fourth-order valence-electron chi connectivity index (χ4n) is 4.57. The number of phosphoric acid groups is 1. The topological polar surface area (TPSA) is 117 Å². The van der Waals surface area contributed by atoms with Gasteiger partial charge in [0.1, 0.15) is 6.10 Å². The van der Waals surface area contributed by atoms with Gasteiger partial charge in [-0.25, -0.2) is 4.57 Å². The van der Waals surface area contributed by atoms with Crippen molar-refractivity contribution in [3.05, 3.63) is 122 Å². The lowest BCUT2D eigenvalue weighted by Gasteiger charge is -2.19. The minimum absolute atomic E-state index is 0.0499. The predicted octanol–water partition coefficient (Wildman–Crippen LogP) is 11.9. The summed E-state index contributed by atoms with van der Waals surface area (Å²) in [6.45, 7) is 4.44. The Bertz CT molecular complexity index is 1230. The Labute approximate surface area is 328 Å². The van der Waals surface area contributed by atoms with Crippen molar-refractivity contribution in [2.45, 2.75) is 123 Å². The van der Waals surface area contributed by atoms with Crippen molar-refractivity contribution in [3.63, 3.8) is 0 Å². The molecule has 0 heterocycles. The maximum atomic E-state index is 12.5. The quantitative estimate of drug-likeness (QED) is 0.0280. The fraction of sp³-hybridized carbons (Fsp3) is 0.533. The molecule has 304 valence electrons. The molecule has 2 atom stereocenters. The molecule has 3 N–H and O–H groups in total. The largest absolute Gasteiger partial charge is 0.472 e. The molecule has 54 heavy (non-hydrogen) atoms. The number of esters is 1. The summed E-state index contributed by atoms with van der Waals surface area (Å²) in [5, 5.41) is 0. The predicted molar refractivity (Wildman–Crippen MR) is 228 cm³/mol. The summed E-state index contributed by atoms with van der Waals surface area (Å²) in [6.07, 6.45) is 56.8. The lowest BCUT2D eigenvalue weighted by Crippen LogP contribution is -2.28. The van der Waals surface area contributed by atoms with Gasteiger partial charge in [-0.1, -0.05) is 148 Å². The Kier molecular flexibility index (Phi) is 38.7. The fourth-order valence-corrected chi connectivity index (χ4v) is 5.33. The maximum Gasteiger partial charge on any atom is 0.472 e. The van der Waals surface area contributed by atoms with Gasteiger partial charge in [-0.3, -0.25) is 13.8 Å². The minimum Gasteiger partial charge on any atom is -0.457 e. The Balaban J connectivity index is 4.28. The van der Waals surface area contributed by atoms with Crippen LogP contribution in [-0.4, -0.2) is 49.9 Å². The van der Waals surface area contributed by atoms with E-state index in [9.17, 15) is 14.3 Å². The van der Waals surface area contributed by atoms with Crippen LogP contribution in [0.3, 0.4) is 0 Å². The monoisotopic (exact) mass is 770 g/mol. The second kappa shape index (κ2) is 41.1. The number of nitrogens with two attached hydrogens (primary N) is 1. The Morgan fingerprint density at radius 2 is 0.981 bits per heavy atom. The number of hydrogen-bond acceptors (Lipinski definition) is 7. The van der Waals surface area contributed by atoms with Crippen LogP contribution in [0.25, 0.3) is 0 Å². The first kappa shape index (κ1) is 50.9. The molecule has 0 aliphatic rings. The molecule has 0 aromatic heterocycles. The van der Waals surface area contributed by atoms with Crippen LogP contribution in [0.15, 0.2) is 122 Å². The molecule has 0 aliphatic heterocycles. The molecule has 9 heteroatoms. The molecule has 0 radical (unpaired) electrons. The van der Waals surface area contributed by atoms with E-state index in [2.05, 4.69) is 117 Å². The van der Waals surface area contributed by atoms with E-state index in [-0.39, 0.29) is 32.8 Å². The molecule has 0 rings (SSSR count). The van der Waals surface area contributed by atoms with E-state index >= 15 is 0 Å². The number of ether oxygens (including phenoxy) is 2. The molecule has 0 aromatic rings. The van der Waals surface area contributed by atoms with E-state index < -0.39 is 19.9 Å². The average molecular weight is 770 g/mol. The summed E-state index contributed by atoms with van der Waals surface area (Å²) in [5.41, 5.74) is 5.35. The van der Waals surface area contributed by atoms with Crippen LogP contribution >= 0.6 is 7.82 Å². The van der Waals surface area contributed by atoms with Crippen LogP contribution in [0, 0.1) is 0 Å². The lowest BCUT2D eigenvalue weighted by molar-refractivity contribution is -0.153. The Morgan fingerprint density at radius 3 is 1.44 bits per heavy atom. The minimum atomic E-state index is -4.32. The zero-order chi connectivity index (χ0) is 39.5. The lowest BCUT2D eigenvalue weighted by atomic mass is 10.1. The third kappa shape index (κ3) is 40.1. The third-order valence-corrected chi connectivity index (χ3v) is 8.39. The van der Waals surface area contributed by atoms with E-state index in [1.54, 1.807) is 6.08 Å².